The normalized spacial score (nSPS) is 10.4. The molecule has 1 rings (SSSR count). The average molecular weight is 313 g/mol. The van der Waals surface area contributed by atoms with Crippen molar-refractivity contribution in [1.29, 1.82) is 0 Å². The van der Waals surface area contributed by atoms with Gasteiger partial charge in [0.25, 0.3) is 0 Å². The van der Waals surface area contributed by atoms with Crippen LogP contribution in [-0.2, 0) is 11.2 Å². The summed E-state index contributed by atoms with van der Waals surface area (Å²) >= 11 is 3.50. The number of benzene rings is 1. The average Bonchev–Trinajstić information content (AvgIpc) is 2.33. The number of carbonyl (C=O) groups is 1. The highest BCUT2D eigenvalue weighted by Gasteiger charge is 2.04. The molecule has 0 aliphatic carbocycles. The third kappa shape index (κ3) is 5.21. The summed E-state index contributed by atoms with van der Waals surface area (Å²) in [7, 11) is 0. The lowest BCUT2D eigenvalue weighted by molar-refractivity contribution is -0.119. The molecule has 0 radical (unpaired) electrons. The van der Waals surface area contributed by atoms with E-state index in [-0.39, 0.29) is 0 Å². The SMILES string of the molecule is CCCC(=O)CCCc1ccc(OCC)c(Br)c1. The minimum atomic E-state index is 0.377. The number of Topliss-reactive ketones (excluding diaryl/α,β-unsaturated/α-hetero) is 1. The Morgan fingerprint density at radius 3 is 2.67 bits per heavy atom. The van der Waals surface area contributed by atoms with Crippen LogP contribution in [-0.4, -0.2) is 12.4 Å². The predicted molar refractivity (Wildman–Crippen MR) is 78.2 cm³/mol. The van der Waals surface area contributed by atoms with Crippen LogP contribution in [0.5, 0.6) is 5.75 Å². The van der Waals surface area contributed by atoms with Gasteiger partial charge in [-0.15, -0.1) is 0 Å². The monoisotopic (exact) mass is 312 g/mol. The van der Waals surface area contributed by atoms with E-state index >= 15 is 0 Å². The van der Waals surface area contributed by atoms with Crippen molar-refractivity contribution >= 4 is 21.7 Å². The minimum Gasteiger partial charge on any atom is -0.493 e. The molecular formula is C15H21BrO2. The minimum absolute atomic E-state index is 0.377. The molecule has 100 valence electrons. The fourth-order valence-corrected chi connectivity index (χ4v) is 2.41. The molecule has 0 aromatic heterocycles. The van der Waals surface area contributed by atoms with Crippen LogP contribution in [0.1, 0.15) is 45.1 Å². The molecule has 0 aliphatic heterocycles. The van der Waals surface area contributed by atoms with Gasteiger partial charge in [-0.2, -0.15) is 0 Å². The largest absolute Gasteiger partial charge is 0.493 e. The fraction of sp³-hybridized carbons (Fsp3) is 0.533. The molecule has 0 saturated carbocycles. The van der Waals surface area contributed by atoms with Crippen molar-refractivity contribution in [2.75, 3.05) is 6.61 Å². The van der Waals surface area contributed by atoms with Crippen molar-refractivity contribution in [3.63, 3.8) is 0 Å². The molecule has 18 heavy (non-hydrogen) atoms. The first-order valence-electron chi connectivity index (χ1n) is 6.60. The third-order valence-electron chi connectivity index (χ3n) is 2.75. The maximum absolute atomic E-state index is 11.4. The summed E-state index contributed by atoms with van der Waals surface area (Å²) in [5.41, 5.74) is 1.25. The van der Waals surface area contributed by atoms with Gasteiger partial charge >= 0.3 is 0 Å². The van der Waals surface area contributed by atoms with Gasteiger partial charge in [0.05, 0.1) is 11.1 Å². The summed E-state index contributed by atoms with van der Waals surface area (Å²) < 4.78 is 6.45. The quantitative estimate of drug-likeness (QED) is 0.704. The van der Waals surface area contributed by atoms with E-state index in [1.54, 1.807) is 0 Å². The molecule has 1 aromatic rings. The predicted octanol–water partition coefficient (Wildman–Crippen LogP) is 4.54. The molecule has 0 heterocycles. The standard InChI is InChI=1S/C15H21BrO2/c1-3-6-13(17)8-5-7-12-9-10-15(18-4-2)14(16)11-12/h9-11H,3-8H2,1-2H3. The Hall–Kier alpha value is -0.830. The highest BCUT2D eigenvalue weighted by Crippen LogP contribution is 2.26. The molecule has 0 fully saturated rings. The highest BCUT2D eigenvalue weighted by atomic mass is 79.9. The van der Waals surface area contributed by atoms with Gasteiger partial charge in [-0.25, -0.2) is 0 Å². The van der Waals surface area contributed by atoms with Gasteiger partial charge < -0.3 is 4.74 Å². The van der Waals surface area contributed by atoms with Gasteiger partial charge in [0.1, 0.15) is 11.5 Å². The Balaban J connectivity index is 2.43. The summed E-state index contributed by atoms with van der Waals surface area (Å²) in [6, 6.07) is 6.13. The zero-order valence-corrected chi connectivity index (χ0v) is 12.8. The number of carbonyl (C=O) groups excluding carboxylic acids is 1. The number of rotatable bonds is 8. The van der Waals surface area contributed by atoms with Crippen molar-refractivity contribution in [2.45, 2.75) is 46.0 Å². The molecule has 0 amide bonds. The second-order valence-corrected chi connectivity index (χ2v) is 5.19. The second kappa shape index (κ2) is 8.30. The Morgan fingerprint density at radius 1 is 1.28 bits per heavy atom. The van der Waals surface area contributed by atoms with E-state index in [4.69, 9.17) is 4.74 Å². The van der Waals surface area contributed by atoms with Gasteiger partial charge in [0.2, 0.25) is 0 Å². The summed E-state index contributed by atoms with van der Waals surface area (Å²) in [6.45, 7) is 4.69. The second-order valence-electron chi connectivity index (χ2n) is 4.34. The van der Waals surface area contributed by atoms with E-state index < -0.39 is 0 Å². The zero-order valence-electron chi connectivity index (χ0n) is 11.2. The molecule has 0 N–H and O–H groups in total. The number of hydrogen-bond donors (Lipinski definition) is 0. The van der Waals surface area contributed by atoms with Crippen molar-refractivity contribution < 1.29 is 9.53 Å². The van der Waals surface area contributed by atoms with Crippen LogP contribution in [0.25, 0.3) is 0 Å². The highest BCUT2D eigenvalue weighted by molar-refractivity contribution is 9.10. The van der Waals surface area contributed by atoms with E-state index in [0.717, 1.165) is 29.5 Å². The number of ketones is 1. The Kier molecular flexibility index (Phi) is 7.02. The van der Waals surface area contributed by atoms with Crippen molar-refractivity contribution in [1.82, 2.24) is 0 Å². The van der Waals surface area contributed by atoms with E-state index in [9.17, 15) is 4.79 Å². The maximum atomic E-state index is 11.4. The molecule has 2 nitrogen and oxygen atoms in total. The van der Waals surface area contributed by atoms with Gasteiger partial charge in [-0.1, -0.05) is 13.0 Å². The van der Waals surface area contributed by atoms with E-state index in [0.29, 0.717) is 25.2 Å². The van der Waals surface area contributed by atoms with Crippen LogP contribution in [0.3, 0.4) is 0 Å². The lowest BCUT2D eigenvalue weighted by Gasteiger charge is -2.08. The molecule has 0 bridgehead atoms. The van der Waals surface area contributed by atoms with Crippen LogP contribution in [0, 0.1) is 0 Å². The van der Waals surface area contributed by atoms with Gasteiger partial charge in [0, 0.05) is 12.8 Å². The topological polar surface area (TPSA) is 26.3 Å². The zero-order chi connectivity index (χ0) is 13.4. The fourth-order valence-electron chi connectivity index (χ4n) is 1.87. The van der Waals surface area contributed by atoms with E-state index in [2.05, 4.69) is 28.1 Å². The first-order valence-corrected chi connectivity index (χ1v) is 7.39. The molecular weight excluding hydrogens is 292 g/mol. The van der Waals surface area contributed by atoms with Crippen molar-refractivity contribution in [3.8, 4) is 5.75 Å². The van der Waals surface area contributed by atoms with Crippen molar-refractivity contribution in [2.24, 2.45) is 0 Å². The van der Waals surface area contributed by atoms with E-state index in [1.807, 2.05) is 19.9 Å². The molecule has 0 saturated heterocycles. The molecule has 0 aliphatic rings. The van der Waals surface area contributed by atoms with Gasteiger partial charge in [0.15, 0.2) is 0 Å². The first-order chi connectivity index (χ1) is 8.67. The Morgan fingerprint density at radius 2 is 2.06 bits per heavy atom. The summed E-state index contributed by atoms with van der Waals surface area (Å²) in [6.07, 6.45) is 4.23. The van der Waals surface area contributed by atoms with Gasteiger partial charge in [-0.3, -0.25) is 4.79 Å². The Bertz CT molecular complexity index is 388. The van der Waals surface area contributed by atoms with Crippen molar-refractivity contribution in [3.05, 3.63) is 28.2 Å². The van der Waals surface area contributed by atoms with Crippen LogP contribution in [0.2, 0.25) is 0 Å². The molecule has 0 spiro atoms. The van der Waals surface area contributed by atoms with Gasteiger partial charge in [-0.05, 0) is 59.8 Å². The summed E-state index contributed by atoms with van der Waals surface area (Å²) in [5.74, 6) is 1.26. The lowest BCUT2D eigenvalue weighted by Crippen LogP contribution is -1.98. The van der Waals surface area contributed by atoms with Crippen LogP contribution < -0.4 is 4.74 Å². The number of ether oxygens (including phenoxy) is 1. The molecule has 0 atom stereocenters. The lowest BCUT2D eigenvalue weighted by atomic mass is 10.0. The number of aryl methyl sites for hydroxylation is 1. The number of hydrogen-bond acceptors (Lipinski definition) is 2. The molecule has 1 aromatic carbocycles. The smallest absolute Gasteiger partial charge is 0.133 e. The first kappa shape index (κ1) is 15.2. The molecule has 0 unspecified atom stereocenters. The summed E-state index contributed by atoms with van der Waals surface area (Å²) in [5, 5.41) is 0. The number of halogens is 1. The van der Waals surface area contributed by atoms with E-state index in [1.165, 1.54) is 5.56 Å². The summed E-state index contributed by atoms with van der Waals surface area (Å²) in [4.78, 5) is 11.4. The molecule has 3 heteroatoms. The van der Waals surface area contributed by atoms with Crippen LogP contribution >= 0.6 is 15.9 Å². The van der Waals surface area contributed by atoms with Crippen LogP contribution in [0.4, 0.5) is 0 Å². The van der Waals surface area contributed by atoms with Crippen LogP contribution in [0.15, 0.2) is 22.7 Å². The third-order valence-corrected chi connectivity index (χ3v) is 3.37. The maximum Gasteiger partial charge on any atom is 0.133 e. The Labute approximate surface area is 118 Å².